The van der Waals surface area contributed by atoms with Crippen LogP contribution in [0.25, 0.3) is 0 Å². The molecule has 0 aromatic rings. The van der Waals surface area contributed by atoms with Crippen molar-refractivity contribution in [3.63, 3.8) is 0 Å². The fraction of sp³-hybridized carbons (Fsp3) is 0.692. The minimum absolute atomic E-state index is 0.0574. The summed E-state index contributed by atoms with van der Waals surface area (Å²) in [5.41, 5.74) is 5.55. The topological polar surface area (TPSA) is 159 Å². The Balaban J connectivity index is 4.64. The lowest BCUT2D eigenvalue weighted by molar-refractivity contribution is -0.142. The summed E-state index contributed by atoms with van der Waals surface area (Å²) >= 11 is 5.41. The van der Waals surface area contributed by atoms with Crippen molar-refractivity contribution in [3.05, 3.63) is 0 Å². The van der Waals surface area contributed by atoms with E-state index in [-0.39, 0.29) is 25.0 Å². The van der Waals surface area contributed by atoms with E-state index in [9.17, 15) is 19.2 Å². The van der Waals surface area contributed by atoms with Crippen LogP contribution >= 0.6 is 24.4 Å². The van der Waals surface area contributed by atoms with Crippen LogP contribution in [0.2, 0.25) is 0 Å². The maximum atomic E-state index is 12.1. The van der Waals surface area contributed by atoms with Gasteiger partial charge in [0.05, 0.1) is 6.04 Å². The molecule has 0 aromatic carbocycles. The summed E-state index contributed by atoms with van der Waals surface area (Å²) in [6.45, 7) is 0. The second-order valence-corrected chi connectivity index (χ2v) is 6.31. The van der Waals surface area contributed by atoms with Crippen molar-refractivity contribution in [2.24, 2.45) is 5.73 Å². The third kappa shape index (κ3) is 8.99. The van der Waals surface area contributed by atoms with Gasteiger partial charge >= 0.3 is 11.9 Å². The number of aliphatic carboxylic acids is 2. The average Bonchev–Trinajstić information content (AvgIpc) is 2.53. The molecule has 3 unspecified atom stereocenters. The molecule has 0 spiro atoms. The number of rotatable bonds is 12. The van der Waals surface area contributed by atoms with Gasteiger partial charge in [-0.3, -0.25) is 14.4 Å². The lowest BCUT2D eigenvalue weighted by Crippen LogP contribution is -2.55. The SMILES string of the molecule is CSCCC(NC(=O)C(CS)NC(=O)C(N)CCC(=O)O)C(=O)O. The van der Waals surface area contributed by atoms with Crippen LogP contribution in [-0.2, 0) is 19.2 Å². The quantitative estimate of drug-likeness (QED) is 0.233. The number of carbonyl (C=O) groups is 4. The summed E-state index contributed by atoms with van der Waals surface area (Å²) < 4.78 is 0. The van der Waals surface area contributed by atoms with E-state index in [0.29, 0.717) is 5.75 Å². The molecule has 0 rings (SSSR count). The number of carboxylic acids is 2. The van der Waals surface area contributed by atoms with Gasteiger partial charge in [-0.15, -0.1) is 0 Å². The lowest BCUT2D eigenvalue weighted by Gasteiger charge is -2.21. The molecule has 138 valence electrons. The van der Waals surface area contributed by atoms with Crippen molar-refractivity contribution in [2.45, 2.75) is 37.4 Å². The zero-order chi connectivity index (χ0) is 18.7. The predicted octanol–water partition coefficient (Wildman–Crippen LogP) is -1.08. The van der Waals surface area contributed by atoms with Gasteiger partial charge in [-0.1, -0.05) is 0 Å². The Kier molecular flexibility index (Phi) is 11.3. The Hall–Kier alpha value is -1.46. The number of thioether (sulfide) groups is 1. The Labute approximate surface area is 149 Å². The number of amides is 2. The lowest BCUT2D eigenvalue weighted by atomic mass is 10.1. The third-order valence-corrected chi connectivity index (χ3v) is 4.06. The first-order valence-corrected chi connectivity index (χ1v) is 9.16. The smallest absolute Gasteiger partial charge is 0.326 e. The van der Waals surface area contributed by atoms with Crippen LogP contribution in [0.15, 0.2) is 0 Å². The molecule has 9 nitrogen and oxygen atoms in total. The Morgan fingerprint density at radius 2 is 1.67 bits per heavy atom. The maximum Gasteiger partial charge on any atom is 0.326 e. The standard InChI is InChI=1S/C13H23N3O6S2/c1-24-5-4-8(13(21)22)15-12(20)9(6-23)16-11(19)7(14)2-3-10(17)18/h7-9,23H,2-6,14H2,1H3,(H,15,20)(H,16,19)(H,17,18)(H,21,22). The second kappa shape index (κ2) is 12.0. The molecule has 0 aliphatic heterocycles. The molecule has 0 bridgehead atoms. The number of nitrogens with two attached hydrogens (primary N) is 1. The fourth-order valence-electron chi connectivity index (χ4n) is 1.65. The number of carbonyl (C=O) groups excluding carboxylic acids is 2. The third-order valence-electron chi connectivity index (χ3n) is 3.05. The maximum absolute atomic E-state index is 12.1. The van der Waals surface area contributed by atoms with E-state index in [0.717, 1.165) is 0 Å². The van der Waals surface area contributed by atoms with Crippen molar-refractivity contribution in [1.82, 2.24) is 10.6 Å². The molecule has 0 radical (unpaired) electrons. The average molecular weight is 381 g/mol. The number of nitrogens with one attached hydrogen (secondary N) is 2. The molecule has 0 aliphatic carbocycles. The Morgan fingerprint density at radius 1 is 1.08 bits per heavy atom. The van der Waals surface area contributed by atoms with Crippen molar-refractivity contribution in [1.29, 1.82) is 0 Å². The Morgan fingerprint density at radius 3 is 2.12 bits per heavy atom. The normalized spacial score (nSPS) is 14.3. The number of hydrogen-bond acceptors (Lipinski definition) is 7. The van der Waals surface area contributed by atoms with Gasteiger partial charge in [0.25, 0.3) is 0 Å². The van der Waals surface area contributed by atoms with Crippen LogP contribution in [0.4, 0.5) is 0 Å². The van der Waals surface area contributed by atoms with Crippen LogP contribution in [0.3, 0.4) is 0 Å². The van der Waals surface area contributed by atoms with Crippen LogP contribution in [0.5, 0.6) is 0 Å². The molecule has 3 atom stereocenters. The number of thiol groups is 1. The molecule has 0 aliphatic rings. The van der Waals surface area contributed by atoms with Gasteiger partial charge in [0.2, 0.25) is 11.8 Å². The van der Waals surface area contributed by atoms with E-state index in [1.54, 1.807) is 0 Å². The first-order valence-electron chi connectivity index (χ1n) is 7.13. The second-order valence-electron chi connectivity index (χ2n) is 4.96. The van der Waals surface area contributed by atoms with E-state index in [2.05, 4.69) is 23.3 Å². The van der Waals surface area contributed by atoms with Crippen LogP contribution < -0.4 is 16.4 Å². The van der Waals surface area contributed by atoms with Crippen molar-refractivity contribution in [2.75, 3.05) is 17.8 Å². The van der Waals surface area contributed by atoms with Gasteiger partial charge in [-0.05, 0) is 24.9 Å². The molecule has 2 amide bonds. The molecule has 0 aromatic heterocycles. The van der Waals surface area contributed by atoms with E-state index < -0.39 is 41.9 Å². The number of carboxylic acid groups (broad SMARTS) is 2. The molecular formula is C13H23N3O6S2. The summed E-state index contributed by atoms with van der Waals surface area (Å²) in [7, 11) is 0. The van der Waals surface area contributed by atoms with Crippen LogP contribution in [0, 0.1) is 0 Å². The molecular weight excluding hydrogens is 358 g/mol. The Bertz CT molecular complexity index is 463. The van der Waals surface area contributed by atoms with Crippen LogP contribution in [0.1, 0.15) is 19.3 Å². The van der Waals surface area contributed by atoms with Crippen molar-refractivity contribution < 1.29 is 29.4 Å². The minimum Gasteiger partial charge on any atom is -0.481 e. The van der Waals surface area contributed by atoms with Gasteiger partial charge in [-0.2, -0.15) is 24.4 Å². The number of hydrogen-bond donors (Lipinski definition) is 6. The van der Waals surface area contributed by atoms with Crippen molar-refractivity contribution >= 4 is 48.1 Å². The zero-order valence-corrected chi connectivity index (χ0v) is 14.9. The highest BCUT2D eigenvalue weighted by molar-refractivity contribution is 7.98. The largest absolute Gasteiger partial charge is 0.481 e. The monoisotopic (exact) mass is 381 g/mol. The highest BCUT2D eigenvalue weighted by Gasteiger charge is 2.27. The van der Waals surface area contributed by atoms with E-state index in [1.807, 2.05) is 6.26 Å². The minimum atomic E-state index is -1.17. The highest BCUT2D eigenvalue weighted by atomic mass is 32.2. The molecule has 24 heavy (non-hydrogen) atoms. The van der Waals surface area contributed by atoms with E-state index in [1.165, 1.54) is 11.8 Å². The molecule has 6 N–H and O–H groups in total. The fourth-order valence-corrected chi connectivity index (χ4v) is 2.38. The van der Waals surface area contributed by atoms with Crippen LogP contribution in [-0.4, -0.2) is 69.9 Å². The first kappa shape index (κ1) is 22.5. The molecule has 0 saturated heterocycles. The van der Waals surface area contributed by atoms with Gasteiger partial charge in [0.1, 0.15) is 12.1 Å². The summed E-state index contributed by atoms with van der Waals surface area (Å²) in [5, 5.41) is 22.3. The van der Waals surface area contributed by atoms with Gasteiger partial charge in [0.15, 0.2) is 0 Å². The van der Waals surface area contributed by atoms with Gasteiger partial charge in [-0.25, -0.2) is 4.79 Å². The molecule has 11 heteroatoms. The summed E-state index contributed by atoms with van der Waals surface area (Å²) in [6, 6.07) is -3.21. The molecule has 0 saturated carbocycles. The zero-order valence-electron chi connectivity index (χ0n) is 13.2. The van der Waals surface area contributed by atoms with Crippen molar-refractivity contribution in [3.8, 4) is 0 Å². The van der Waals surface area contributed by atoms with E-state index >= 15 is 0 Å². The summed E-state index contributed by atoms with van der Waals surface area (Å²) in [5.74, 6) is -3.13. The van der Waals surface area contributed by atoms with E-state index in [4.69, 9.17) is 15.9 Å². The molecule has 0 heterocycles. The summed E-state index contributed by atoms with van der Waals surface area (Å²) in [4.78, 5) is 45.5. The van der Waals surface area contributed by atoms with Gasteiger partial charge in [0, 0.05) is 12.2 Å². The first-order chi connectivity index (χ1) is 11.2. The predicted molar refractivity (Wildman–Crippen MR) is 93.2 cm³/mol. The van der Waals surface area contributed by atoms with Gasteiger partial charge < -0.3 is 26.6 Å². The molecule has 0 fully saturated rings. The highest BCUT2D eigenvalue weighted by Crippen LogP contribution is 2.03. The summed E-state index contributed by atoms with van der Waals surface area (Å²) in [6.07, 6.45) is 1.71.